The number of hydrazone groups is 1. The maximum absolute atomic E-state index is 11.7. The van der Waals surface area contributed by atoms with Crippen LogP contribution in [0.5, 0.6) is 0 Å². The number of amides is 1. The molecule has 0 fully saturated rings. The number of nitrogens with zero attached hydrogens (tertiary/aromatic N) is 1. The lowest BCUT2D eigenvalue weighted by Gasteiger charge is -2.08. The van der Waals surface area contributed by atoms with Gasteiger partial charge in [0.15, 0.2) is 0 Å². The standard InChI is InChI=1S/C14H19BrN2OS/c1-5-11(4)16-17-14(18)8-19-13-7-9(2)12(15)6-10(13)3/h6-7H,5,8H2,1-4H3,(H,17,18). The summed E-state index contributed by atoms with van der Waals surface area (Å²) in [6.07, 6.45) is 0.846. The van der Waals surface area contributed by atoms with Crippen LogP contribution in [-0.4, -0.2) is 17.4 Å². The average Bonchev–Trinajstić information content (AvgIpc) is 2.38. The first-order chi connectivity index (χ1) is 8.93. The van der Waals surface area contributed by atoms with E-state index in [-0.39, 0.29) is 5.91 Å². The van der Waals surface area contributed by atoms with Crippen LogP contribution < -0.4 is 5.43 Å². The Morgan fingerprint density at radius 3 is 2.68 bits per heavy atom. The lowest BCUT2D eigenvalue weighted by Crippen LogP contribution is -2.20. The van der Waals surface area contributed by atoms with Crippen molar-refractivity contribution in [3.8, 4) is 0 Å². The van der Waals surface area contributed by atoms with Crippen LogP contribution in [-0.2, 0) is 4.79 Å². The van der Waals surface area contributed by atoms with Gasteiger partial charge in [-0.1, -0.05) is 22.9 Å². The maximum atomic E-state index is 11.7. The fourth-order valence-electron chi connectivity index (χ4n) is 1.32. The summed E-state index contributed by atoms with van der Waals surface area (Å²) in [5.74, 6) is 0.306. The number of halogens is 1. The zero-order valence-electron chi connectivity index (χ0n) is 11.7. The highest BCUT2D eigenvalue weighted by molar-refractivity contribution is 9.10. The zero-order chi connectivity index (χ0) is 14.4. The second-order valence-electron chi connectivity index (χ2n) is 4.39. The summed E-state index contributed by atoms with van der Waals surface area (Å²) in [4.78, 5) is 12.8. The van der Waals surface area contributed by atoms with E-state index in [9.17, 15) is 4.79 Å². The molecule has 5 heteroatoms. The Bertz CT molecular complexity index is 500. The number of hydrogen-bond donors (Lipinski definition) is 1. The Labute approximate surface area is 127 Å². The van der Waals surface area contributed by atoms with Crippen LogP contribution in [0.15, 0.2) is 26.6 Å². The molecule has 0 saturated heterocycles. The topological polar surface area (TPSA) is 41.5 Å². The van der Waals surface area contributed by atoms with E-state index < -0.39 is 0 Å². The summed E-state index contributed by atoms with van der Waals surface area (Å²) >= 11 is 5.04. The van der Waals surface area contributed by atoms with E-state index in [2.05, 4.69) is 38.6 Å². The van der Waals surface area contributed by atoms with Gasteiger partial charge in [0.1, 0.15) is 0 Å². The molecule has 0 aliphatic heterocycles. The summed E-state index contributed by atoms with van der Waals surface area (Å²) < 4.78 is 1.10. The Balaban J connectivity index is 2.58. The van der Waals surface area contributed by atoms with Crippen molar-refractivity contribution in [1.82, 2.24) is 5.43 Å². The molecule has 1 amide bonds. The van der Waals surface area contributed by atoms with Gasteiger partial charge in [-0.25, -0.2) is 5.43 Å². The van der Waals surface area contributed by atoms with Gasteiger partial charge in [-0.15, -0.1) is 11.8 Å². The van der Waals surface area contributed by atoms with Crippen LogP contribution in [0.2, 0.25) is 0 Å². The van der Waals surface area contributed by atoms with Gasteiger partial charge in [0.25, 0.3) is 0 Å². The lowest BCUT2D eigenvalue weighted by molar-refractivity contribution is -0.118. The summed E-state index contributed by atoms with van der Waals surface area (Å²) in [7, 11) is 0. The largest absolute Gasteiger partial charge is 0.272 e. The summed E-state index contributed by atoms with van der Waals surface area (Å²) in [6.45, 7) is 8.00. The monoisotopic (exact) mass is 342 g/mol. The first kappa shape index (κ1) is 16.2. The van der Waals surface area contributed by atoms with Gasteiger partial charge in [0, 0.05) is 15.1 Å². The quantitative estimate of drug-likeness (QED) is 0.498. The SMILES string of the molecule is CCC(C)=NNC(=O)CSc1cc(C)c(Br)cc1C. The number of carbonyl (C=O) groups is 1. The lowest BCUT2D eigenvalue weighted by atomic mass is 10.2. The molecule has 0 unspecified atom stereocenters. The third-order valence-electron chi connectivity index (χ3n) is 2.70. The fourth-order valence-corrected chi connectivity index (χ4v) is 2.68. The van der Waals surface area contributed by atoms with E-state index in [1.54, 1.807) is 0 Å². The number of hydrogen-bond acceptors (Lipinski definition) is 3. The molecule has 0 saturated carbocycles. The molecule has 104 valence electrons. The van der Waals surface area contributed by atoms with Gasteiger partial charge < -0.3 is 0 Å². The first-order valence-corrected chi connectivity index (χ1v) is 7.93. The third kappa shape index (κ3) is 5.37. The molecule has 0 heterocycles. The smallest absolute Gasteiger partial charge is 0.250 e. The molecule has 0 aliphatic rings. The molecule has 0 bridgehead atoms. The molecule has 1 aromatic rings. The maximum Gasteiger partial charge on any atom is 0.250 e. The molecule has 3 nitrogen and oxygen atoms in total. The van der Waals surface area contributed by atoms with E-state index in [0.29, 0.717) is 5.75 Å². The molecule has 0 aromatic heterocycles. The van der Waals surface area contributed by atoms with Gasteiger partial charge in [0.05, 0.1) is 5.75 Å². The highest BCUT2D eigenvalue weighted by Crippen LogP contribution is 2.28. The van der Waals surface area contributed by atoms with Crippen LogP contribution >= 0.6 is 27.7 Å². The van der Waals surface area contributed by atoms with Crippen molar-refractivity contribution in [2.24, 2.45) is 5.10 Å². The molecule has 0 radical (unpaired) electrons. The van der Waals surface area contributed by atoms with Crippen molar-refractivity contribution < 1.29 is 4.79 Å². The van der Waals surface area contributed by atoms with Gasteiger partial charge in [-0.2, -0.15) is 5.10 Å². The molecule has 0 atom stereocenters. The Kier molecular flexibility index (Phi) is 6.58. The minimum absolute atomic E-state index is 0.0715. The number of nitrogens with one attached hydrogen (secondary N) is 1. The van der Waals surface area contributed by atoms with Gasteiger partial charge in [0.2, 0.25) is 5.91 Å². The van der Waals surface area contributed by atoms with Crippen LogP contribution in [0.1, 0.15) is 31.4 Å². The van der Waals surface area contributed by atoms with E-state index in [4.69, 9.17) is 0 Å². The summed E-state index contributed by atoms with van der Waals surface area (Å²) in [5.41, 5.74) is 5.84. The van der Waals surface area contributed by atoms with Crippen LogP contribution in [0.4, 0.5) is 0 Å². The minimum atomic E-state index is -0.0715. The number of aryl methyl sites for hydroxylation is 2. The van der Waals surface area contributed by atoms with Crippen LogP contribution in [0.25, 0.3) is 0 Å². The van der Waals surface area contributed by atoms with E-state index in [1.165, 1.54) is 22.9 Å². The highest BCUT2D eigenvalue weighted by Gasteiger charge is 2.06. The first-order valence-electron chi connectivity index (χ1n) is 6.15. The summed E-state index contributed by atoms with van der Waals surface area (Å²) in [5, 5.41) is 4.01. The molecular weight excluding hydrogens is 324 g/mol. The zero-order valence-corrected chi connectivity index (χ0v) is 14.1. The number of rotatable bonds is 5. The molecule has 0 spiro atoms. The Morgan fingerprint density at radius 2 is 2.05 bits per heavy atom. The Morgan fingerprint density at radius 1 is 1.37 bits per heavy atom. The van der Waals surface area contributed by atoms with Gasteiger partial charge in [-0.05, 0) is 50.5 Å². The van der Waals surface area contributed by atoms with Crippen molar-refractivity contribution in [3.05, 3.63) is 27.7 Å². The van der Waals surface area contributed by atoms with Gasteiger partial charge >= 0.3 is 0 Å². The molecule has 1 rings (SSSR count). The molecule has 0 aliphatic carbocycles. The number of benzene rings is 1. The van der Waals surface area contributed by atoms with Crippen molar-refractivity contribution in [1.29, 1.82) is 0 Å². The normalized spacial score (nSPS) is 11.5. The van der Waals surface area contributed by atoms with E-state index >= 15 is 0 Å². The van der Waals surface area contributed by atoms with Crippen molar-refractivity contribution in [2.45, 2.75) is 39.0 Å². The van der Waals surface area contributed by atoms with Crippen LogP contribution in [0.3, 0.4) is 0 Å². The van der Waals surface area contributed by atoms with Crippen molar-refractivity contribution in [2.75, 3.05) is 5.75 Å². The Hall–Kier alpha value is -0.810. The predicted molar refractivity (Wildman–Crippen MR) is 85.9 cm³/mol. The van der Waals surface area contributed by atoms with Gasteiger partial charge in [-0.3, -0.25) is 4.79 Å². The molecule has 19 heavy (non-hydrogen) atoms. The highest BCUT2D eigenvalue weighted by atomic mass is 79.9. The number of carbonyl (C=O) groups excluding carboxylic acids is 1. The molecule has 1 N–H and O–H groups in total. The molecule has 1 aromatic carbocycles. The minimum Gasteiger partial charge on any atom is -0.272 e. The second kappa shape index (κ2) is 7.70. The number of thioether (sulfide) groups is 1. The second-order valence-corrected chi connectivity index (χ2v) is 6.26. The molecular formula is C14H19BrN2OS. The van der Waals surface area contributed by atoms with Crippen LogP contribution in [0, 0.1) is 13.8 Å². The fraction of sp³-hybridized carbons (Fsp3) is 0.429. The predicted octanol–water partition coefficient (Wildman–Crippen LogP) is 4.06. The average molecular weight is 343 g/mol. The van der Waals surface area contributed by atoms with Crippen molar-refractivity contribution in [3.63, 3.8) is 0 Å². The summed E-state index contributed by atoms with van der Waals surface area (Å²) in [6, 6.07) is 4.17. The van der Waals surface area contributed by atoms with E-state index in [0.717, 1.165) is 21.5 Å². The third-order valence-corrected chi connectivity index (χ3v) is 4.71. The van der Waals surface area contributed by atoms with Crippen molar-refractivity contribution >= 4 is 39.3 Å². The van der Waals surface area contributed by atoms with E-state index in [1.807, 2.05) is 27.7 Å².